The number of carbonyl (C=O) groups excluding carboxylic acids is 1. The summed E-state index contributed by atoms with van der Waals surface area (Å²) in [4.78, 5) is 16.5. The van der Waals surface area contributed by atoms with Crippen molar-refractivity contribution >= 4 is 11.9 Å². The Morgan fingerprint density at radius 3 is 2.76 bits per heavy atom. The lowest BCUT2D eigenvalue weighted by Crippen LogP contribution is -2.31. The van der Waals surface area contributed by atoms with E-state index in [0.717, 1.165) is 5.56 Å². The van der Waals surface area contributed by atoms with Crippen molar-refractivity contribution in [2.75, 3.05) is 18.5 Å². The molecule has 0 atom stereocenters. The molecule has 1 heterocycles. The first-order valence-corrected chi connectivity index (χ1v) is 5.05. The molecule has 17 heavy (non-hydrogen) atoms. The van der Waals surface area contributed by atoms with Crippen molar-refractivity contribution in [1.82, 2.24) is 10.1 Å². The molecule has 0 bridgehead atoms. The molecule has 0 radical (unpaired) electrons. The zero-order chi connectivity index (χ0) is 12.3. The number of carbonyl (C=O) groups is 1. The Bertz CT molecular complexity index is 509. The molecule has 0 fully saturated rings. The molecule has 1 amide bonds. The van der Waals surface area contributed by atoms with Crippen LogP contribution in [0.2, 0.25) is 0 Å². The lowest BCUT2D eigenvalue weighted by molar-refractivity contribution is -0.116. The van der Waals surface area contributed by atoms with Crippen LogP contribution in [0.1, 0.15) is 0 Å². The highest BCUT2D eigenvalue weighted by Crippen LogP contribution is 2.18. The largest absolute Gasteiger partial charge is 0.368 e. The number of likely N-dealkylation sites (N-methyl/N-ethyl adjacent to an activating group) is 1. The Morgan fingerprint density at radius 2 is 2.12 bits per heavy atom. The highest BCUT2D eigenvalue weighted by molar-refractivity contribution is 5.78. The van der Waals surface area contributed by atoms with E-state index in [4.69, 9.17) is 10.3 Å². The summed E-state index contributed by atoms with van der Waals surface area (Å²) in [7, 11) is 1.67. The fourth-order valence-electron chi connectivity index (χ4n) is 1.37. The number of rotatable bonds is 4. The summed E-state index contributed by atoms with van der Waals surface area (Å²) in [5, 5.41) is 3.78. The van der Waals surface area contributed by atoms with E-state index in [2.05, 4.69) is 10.1 Å². The molecule has 1 aromatic heterocycles. The summed E-state index contributed by atoms with van der Waals surface area (Å²) in [5.41, 5.74) is 5.91. The smallest absolute Gasteiger partial charge is 0.266 e. The van der Waals surface area contributed by atoms with Gasteiger partial charge in [-0.15, -0.1) is 0 Å². The van der Waals surface area contributed by atoms with Crippen molar-refractivity contribution in [2.45, 2.75) is 0 Å². The Hall–Kier alpha value is -2.37. The number of nitrogens with two attached hydrogens (primary N) is 1. The van der Waals surface area contributed by atoms with Crippen molar-refractivity contribution in [3.8, 4) is 11.5 Å². The van der Waals surface area contributed by atoms with Crippen molar-refractivity contribution in [1.29, 1.82) is 0 Å². The van der Waals surface area contributed by atoms with Crippen LogP contribution in [-0.4, -0.2) is 29.6 Å². The second-order valence-electron chi connectivity index (χ2n) is 3.59. The van der Waals surface area contributed by atoms with E-state index >= 15 is 0 Å². The van der Waals surface area contributed by atoms with Crippen LogP contribution in [0.15, 0.2) is 34.9 Å². The van der Waals surface area contributed by atoms with Gasteiger partial charge in [-0.05, 0) is 17.3 Å². The van der Waals surface area contributed by atoms with Gasteiger partial charge in [-0.1, -0.05) is 18.2 Å². The van der Waals surface area contributed by atoms with Crippen molar-refractivity contribution < 1.29 is 9.32 Å². The molecule has 6 nitrogen and oxygen atoms in total. The quantitative estimate of drug-likeness (QED) is 0.836. The number of aromatic nitrogens is 2. The third-order valence-electron chi connectivity index (χ3n) is 2.17. The molecule has 0 unspecified atom stereocenters. The Morgan fingerprint density at radius 1 is 1.41 bits per heavy atom. The molecule has 6 heteroatoms. The predicted molar refractivity (Wildman–Crippen MR) is 62.2 cm³/mol. The van der Waals surface area contributed by atoms with Gasteiger partial charge in [-0.25, -0.2) is 0 Å². The van der Waals surface area contributed by atoms with Gasteiger partial charge in [0.15, 0.2) is 0 Å². The molecule has 2 aromatic rings. The monoisotopic (exact) mass is 232 g/mol. The molecule has 0 aliphatic carbocycles. The number of anilines is 1. The average Bonchev–Trinajstić information content (AvgIpc) is 2.78. The zero-order valence-electron chi connectivity index (χ0n) is 9.33. The van der Waals surface area contributed by atoms with Gasteiger partial charge in [0.1, 0.15) is 0 Å². The van der Waals surface area contributed by atoms with Crippen LogP contribution in [0, 0.1) is 0 Å². The molecule has 0 saturated heterocycles. The third-order valence-corrected chi connectivity index (χ3v) is 2.17. The maximum atomic E-state index is 10.8. The maximum absolute atomic E-state index is 10.8. The van der Waals surface area contributed by atoms with Crippen LogP contribution in [-0.2, 0) is 4.79 Å². The second kappa shape index (κ2) is 4.65. The van der Waals surface area contributed by atoms with Crippen LogP contribution >= 0.6 is 0 Å². The molecular weight excluding hydrogens is 220 g/mol. The summed E-state index contributed by atoms with van der Waals surface area (Å²) >= 11 is 0. The van der Waals surface area contributed by atoms with Crippen LogP contribution < -0.4 is 10.6 Å². The van der Waals surface area contributed by atoms with Gasteiger partial charge in [-0.3, -0.25) is 4.79 Å². The van der Waals surface area contributed by atoms with Crippen molar-refractivity contribution in [3.63, 3.8) is 0 Å². The number of benzene rings is 1. The highest BCUT2D eigenvalue weighted by atomic mass is 16.5. The van der Waals surface area contributed by atoms with Crippen molar-refractivity contribution in [2.24, 2.45) is 5.73 Å². The van der Waals surface area contributed by atoms with E-state index in [1.54, 1.807) is 7.05 Å². The Kier molecular flexibility index (Phi) is 3.04. The highest BCUT2D eigenvalue weighted by Gasteiger charge is 2.13. The minimum Gasteiger partial charge on any atom is -0.368 e. The maximum Gasteiger partial charge on any atom is 0.266 e. The number of primary amides is 1. The molecule has 2 N–H and O–H groups in total. The van der Waals surface area contributed by atoms with E-state index in [-0.39, 0.29) is 6.54 Å². The molecule has 0 spiro atoms. The standard InChI is InChI=1S/C11H12N4O2/c1-15(7-9(12)16)11-13-10(17-14-11)8-5-3-2-4-6-8/h2-6H,7H2,1H3,(H2,12,16). The second-order valence-corrected chi connectivity index (χ2v) is 3.59. The normalized spacial score (nSPS) is 10.2. The van der Waals surface area contributed by atoms with Gasteiger partial charge in [-0.2, -0.15) is 4.98 Å². The minimum atomic E-state index is -0.446. The van der Waals surface area contributed by atoms with E-state index < -0.39 is 5.91 Å². The summed E-state index contributed by atoms with van der Waals surface area (Å²) in [6.07, 6.45) is 0. The number of hydrogen-bond acceptors (Lipinski definition) is 5. The molecule has 0 aliphatic rings. The lowest BCUT2D eigenvalue weighted by atomic mass is 10.2. The minimum absolute atomic E-state index is 0.0494. The molecular formula is C11H12N4O2. The van der Waals surface area contributed by atoms with Crippen LogP contribution in [0.3, 0.4) is 0 Å². The summed E-state index contributed by atoms with van der Waals surface area (Å²) in [6, 6.07) is 9.40. The summed E-state index contributed by atoms with van der Waals surface area (Å²) in [6.45, 7) is 0.0494. The third kappa shape index (κ3) is 2.60. The number of amides is 1. The van der Waals surface area contributed by atoms with Gasteiger partial charge < -0.3 is 15.2 Å². The lowest BCUT2D eigenvalue weighted by Gasteiger charge is -2.09. The first-order valence-electron chi connectivity index (χ1n) is 5.05. The van der Waals surface area contributed by atoms with Gasteiger partial charge >= 0.3 is 0 Å². The fourth-order valence-corrected chi connectivity index (χ4v) is 1.37. The number of hydrogen-bond donors (Lipinski definition) is 1. The summed E-state index contributed by atoms with van der Waals surface area (Å²) < 4.78 is 5.10. The van der Waals surface area contributed by atoms with E-state index in [9.17, 15) is 4.79 Å². The first kappa shape index (κ1) is 11.1. The Balaban J connectivity index is 2.19. The first-order chi connectivity index (χ1) is 8.16. The van der Waals surface area contributed by atoms with Crippen LogP contribution in [0.5, 0.6) is 0 Å². The predicted octanol–water partition coefficient (Wildman–Crippen LogP) is 0.658. The molecule has 88 valence electrons. The number of nitrogens with zero attached hydrogens (tertiary/aromatic N) is 3. The fraction of sp³-hybridized carbons (Fsp3) is 0.182. The topological polar surface area (TPSA) is 85.2 Å². The van der Waals surface area contributed by atoms with E-state index in [0.29, 0.717) is 11.8 Å². The van der Waals surface area contributed by atoms with Gasteiger partial charge in [0.05, 0.1) is 6.54 Å². The van der Waals surface area contributed by atoms with E-state index in [1.807, 2.05) is 30.3 Å². The zero-order valence-corrected chi connectivity index (χ0v) is 9.33. The SMILES string of the molecule is CN(CC(N)=O)c1noc(-c2ccccc2)n1. The average molecular weight is 232 g/mol. The molecule has 2 rings (SSSR count). The van der Waals surface area contributed by atoms with Crippen LogP contribution in [0.25, 0.3) is 11.5 Å². The van der Waals surface area contributed by atoms with Crippen LogP contribution in [0.4, 0.5) is 5.95 Å². The van der Waals surface area contributed by atoms with Gasteiger partial charge in [0.25, 0.3) is 11.8 Å². The van der Waals surface area contributed by atoms with Crippen molar-refractivity contribution in [3.05, 3.63) is 30.3 Å². The summed E-state index contributed by atoms with van der Waals surface area (Å²) in [5.74, 6) is 0.304. The Labute approximate surface area is 98.0 Å². The van der Waals surface area contributed by atoms with Gasteiger partial charge in [0.2, 0.25) is 5.91 Å². The van der Waals surface area contributed by atoms with Gasteiger partial charge in [0, 0.05) is 12.6 Å². The molecule has 1 aromatic carbocycles. The molecule has 0 aliphatic heterocycles. The van der Waals surface area contributed by atoms with E-state index in [1.165, 1.54) is 4.90 Å². The molecule has 0 saturated carbocycles.